The Hall–Kier alpha value is -4.69. The van der Waals surface area contributed by atoms with Gasteiger partial charge in [0.25, 0.3) is 0 Å². The molecule has 0 aliphatic heterocycles. The number of esters is 1. The molecule has 2 aromatic carbocycles. The van der Waals surface area contributed by atoms with E-state index in [-0.39, 0.29) is 34.4 Å². The number of ether oxygens (including phenoxy) is 3. The third-order valence-corrected chi connectivity index (χ3v) is 4.91. The number of aromatic hydroxyl groups is 1. The number of phenolic OH excluding ortho intramolecular Hbond substituents is 1. The number of phenols is 1. The molecule has 2 heterocycles. The molecule has 15 heteroatoms. The van der Waals surface area contributed by atoms with Crippen molar-refractivity contribution in [2.75, 3.05) is 14.2 Å². The SMILES string of the molecule is COc1cccc(O)c1-n1cc(C(F)(F)F)cn1.COc1cccc(OC(C)=O)c1-n1cc(C(F)(F)F)cn1. The van der Waals surface area contributed by atoms with Gasteiger partial charge >= 0.3 is 18.3 Å². The lowest BCUT2D eigenvalue weighted by atomic mass is 10.2. The first-order chi connectivity index (χ1) is 18.3. The monoisotopic (exact) mass is 558 g/mol. The summed E-state index contributed by atoms with van der Waals surface area (Å²) in [5.74, 6) is -0.310. The molecule has 9 nitrogen and oxygen atoms in total. The molecule has 1 N–H and O–H groups in total. The second kappa shape index (κ2) is 11.4. The summed E-state index contributed by atoms with van der Waals surface area (Å²) in [5, 5.41) is 16.9. The maximum absolute atomic E-state index is 12.6. The molecule has 0 aliphatic rings. The average Bonchev–Trinajstić information content (AvgIpc) is 3.54. The number of hydrogen-bond acceptors (Lipinski definition) is 7. The van der Waals surface area contributed by atoms with Crippen LogP contribution >= 0.6 is 0 Å². The molecule has 0 radical (unpaired) electrons. The first kappa shape index (κ1) is 28.9. The number of halogens is 6. The normalized spacial score (nSPS) is 11.4. The number of hydrogen-bond donors (Lipinski definition) is 1. The molecule has 0 amide bonds. The van der Waals surface area contributed by atoms with Gasteiger partial charge in [0.2, 0.25) is 0 Å². The molecule has 208 valence electrons. The van der Waals surface area contributed by atoms with E-state index in [2.05, 4.69) is 10.2 Å². The second-order valence-electron chi connectivity index (χ2n) is 7.57. The van der Waals surface area contributed by atoms with Gasteiger partial charge in [0.05, 0.1) is 37.7 Å². The van der Waals surface area contributed by atoms with Crippen LogP contribution in [-0.4, -0.2) is 44.9 Å². The zero-order valence-electron chi connectivity index (χ0n) is 20.4. The maximum Gasteiger partial charge on any atom is 0.419 e. The summed E-state index contributed by atoms with van der Waals surface area (Å²) in [6.45, 7) is 1.19. The zero-order chi connectivity index (χ0) is 29.0. The van der Waals surface area contributed by atoms with Crippen LogP contribution in [0.5, 0.6) is 23.0 Å². The van der Waals surface area contributed by atoms with E-state index in [0.29, 0.717) is 12.4 Å². The molecule has 0 saturated heterocycles. The van der Waals surface area contributed by atoms with E-state index in [1.54, 1.807) is 6.07 Å². The van der Waals surface area contributed by atoms with Crippen molar-refractivity contribution in [1.82, 2.24) is 19.6 Å². The first-order valence-electron chi connectivity index (χ1n) is 10.7. The molecule has 0 spiro atoms. The number of nitrogens with zero attached hydrogens (tertiary/aromatic N) is 4. The number of benzene rings is 2. The minimum absolute atomic E-state index is 0.0543. The molecular weight excluding hydrogens is 538 g/mol. The van der Waals surface area contributed by atoms with Crippen molar-refractivity contribution < 1.29 is 50.5 Å². The summed E-state index contributed by atoms with van der Waals surface area (Å²) >= 11 is 0. The van der Waals surface area contributed by atoms with Crippen LogP contribution in [0.25, 0.3) is 11.4 Å². The topological polar surface area (TPSA) is 101 Å². The molecule has 0 fully saturated rings. The Bertz CT molecular complexity index is 1450. The van der Waals surface area contributed by atoms with Gasteiger partial charge in [-0.1, -0.05) is 12.1 Å². The fourth-order valence-corrected chi connectivity index (χ4v) is 3.22. The molecule has 0 atom stereocenters. The van der Waals surface area contributed by atoms with Crippen LogP contribution in [0.4, 0.5) is 26.3 Å². The fraction of sp³-hybridized carbons (Fsp3) is 0.208. The summed E-state index contributed by atoms with van der Waals surface area (Å²) in [6, 6.07) is 8.89. The molecule has 4 rings (SSSR count). The van der Waals surface area contributed by atoms with Crippen LogP contribution < -0.4 is 14.2 Å². The Morgan fingerprint density at radius 3 is 1.64 bits per heavy atom. The predicted octanol–water partition coefficient (Wildman–Crippen LogP) is 5.43. The number of carbonyl (C=O) groups excluding carboxylic acids is 1. The lowest BCUT2D eigenvalue weighted by molar-refractivity contribution is -0.138. The van der Waals surface area contributed by atoms with E-state index in [9.17, 15) is 36.2 Å². The van der Waals surface area contributed by atoms with Crippen molar-refractivity contribution in [3.63, 3.8) is 0 Å². The number of methoxy groups -OCH3 is 2. The standard InChI is InChI=1S/C13H11F3N2O3.C11H9F3N2O2/c1-8(19)21-11-5-3-4-10(20-2)12(11)18-7-9(6-17-18)13(14,15)16;1-18-9-4-2-3-8(17)10(9)16-6-7(5-15-16)11(12,13)14/h3-7H,1-2H3;2-6,17H,1H3. The molecule has 0 unspecified atom stereocenters. The van der Waals surface area contributed by atoms with Gasteiger partial charge in [0.1, 0.15) is 28.6 Å². The zero-order valence-corrected chi connectivity index (χ0v) is 20.4. The van der Waals surface area contributed by atoms with Gasteiger partial charge in [0.15, 0.2) is 5.75 Å². The van der Waals surface area contributed by atoms with Crippen LogP contribution in [-0.2, 0) is 17.1 Å². The third-order valence-electron chi connectivity index (χ3n) is 4.91. The van der Waals surface area contributed by atoms with E-state index in [4.69, 9.17) is 14.2 Å². The highest BCUT2D eigenvalue weighted by atomic mass is 19.4. The molecule has 0 bridgehead atoms. The second-order valence-corrected chi connectivity index (χ2v) is 7.57. The van der Waals surface area contributed by atoms with Crippen molar-refractivity contribution in [2.24, 2.45) is 0 Å². The smallest absolute Gasteiger partial charge is 0.419 e. The van der Waals surface area contributed by atoms with Crippen molar-refractivity contribution in [3.05, 3.63) is 72.3 Å². The minimum atomic E-state index is -4.51. The van der Waals surface area contributed by atoms with Crippen molar-refractivity contribution >= 4 is 5.97 Å². The van der Waals surface area contributed by atoms with Crippen LogP contribution in [0.2, 0.25) is 0 Å². The molecule has 0 aliphatic carbocycles. The number of para-hydroxylation sites is 2. The van der Waals surface area contributed by atoms with Gasteiger partial charge in [0, 0.05) is 19.3 Å². The Kier molecular flexibility index (Phi) is 8.42. The molecular formula is C24H20F6N4O5. The lowest BCUT2D eigenvalue weighted by Crippen LogP contribution is -2.08. The summed E-state index contributed by atoms with van der Waals surface area (Å²) in [7, 11) is 2.71. The average molecular weight is 558 g/mol. The van der Waals surface area contributed by atoms with E-state index in [1.165, 1.54) is 51.5 Å². The molecule has 2 aromatic heterocycles. The van der Waals surface area contributed by atoms with E-state index in [1.807, 2.05) is 0 Å². The van der Waals surface area contributed by atoms with Crippen LogP contribution in [0, 0.1) is 0 Å². The highest BCUT2D eigenvalue weighted by Gasteiger charge is 2.33. The van der Waals surface area contributed by atoms with Gasteiger partial charge in [-0.2, -0.15) is 36.5 Å². The summed E-state index contributed by atoms with van der Waals surface area (Å²) in [5.41, 5.74) is -1.63. The molecule has 4 aromatic rings. The van der Waals surface area contributed by atoms with Gasteiger partial charge in [-0.15, -0.1) is 0 Å². The van der Waals surface area contributed by atoms with Gasteiger partial charge in [-0.25, -0.2) is 9.36 Å². The summed E-state index contributed by atoms with van der Waals surface area (Å²) < 4.78 is 92.2. The number of alkyl halides is 6. The van der Waals surface area contributed by atoms with E-state index < -0.39 is 29.4 Å². The Labute approximate surface area is 216 Å². The van der Waals surface area contributed by atoms with Gasteiger partial charge in [-0.3, -0.25) is 4.79 Å². The van der Waals surface area contributed by atoms with Crippen LogP contribution in [0.15, 0.2) is 61.2 Å². The first-order valence-corrected chi connectivity index (χ1v) is 10.7. The molecule has 0 saturated carbocycles. The van der Waals surface area contributed by atoms with Crippen LogP contribution in [0.1, 0.15) is 18.1 Å². The van der Waals surface area contributed by atoms with Gasteiger partial charge < -0.3 is 19.3 Å². The molecule has 39 heavy (non-hydrogen) atoms. The minimum Gasteiger partial charge on any atom is -0.506 e. The Morgan fingerprint density at radius 2 is 1.21 bits per heavy atom. The fourth-order valence-electron chi connectivity index (χ4n) is 3.22. The number of aromatic nitrogens is 4. The summed E-state index contributed by atoms with van der Waals surface area (Å²) in [6.07, 6.45) is -6.03. The highest BCUT2D eigenvalue weighted by molar-refractivity contribution is 5.72. The highest BCUT2D eigenvalue weighted by Crippen LogP contribution is 2.36. The maximum atomic E-state index is 12.6. The van der Waals surface area contributed by atoms with Crippen molar-refractivity contribution in [2.45, 2.75) is 19.3 Å². The number of carbonyl (C=O) groups is 1. The quantitative estimate of drug-likeness (QED) is 0.198. The predicted molar refractivity (Wildman–Crippen MR) is 123 cm³/mol. The summed E-state index contributed by atoms with van der Waals surface area (Å²) in [4.78, 5) is 11.1. The van der Waals surface area contributed by atoms with Gasteiger partial charge in [-0.05, 0) is 24.3 Å². The van der Waals surface area contributed by atoms with Crippen molar-refractivity contribution in [1.29, 1.82) is 0 Å². The third kappa shape index (κ3) is 6.80. The van der Waals surface area contributed by atoms with E-state index >= 15 is 0 Å². The lowest BCUT2D eigenvalue weighted by Gasteiger charge is -2.13. The van der Waals surface area contributed by atoms with E-state index in [0.717, 1.165) is 21.8 Å². The Balaban J connectivity index is 0.000000218. The Morgan fingerprint density at radius 1 is 0.769 bits per heavy atom. The van der Waals surface area contributed by atoms with Crippen molar-refractivity contribution in [3.8, 4) is 34.4 Å². The number of rotatable bonds is 5. The largest absolute Gasteiger partial charge is 0.506 e. The van der Waals surface area contributed by atoms with Crippen LogP contribution in [0.3, 0.4) is 0 Å².